The number of aromatic nitrogens is 2. The topological polar surface area (TPSA) is 27.1 Å². The van der Waals surface area contributed by atoms with Crippen molar-refractivity contribution in [2.24, 2.45) is 5.92 Å². The summed E-state index contributed by atoms with van der Waals surface area (Å²) in [6.45, 7) is 8.17. The van der Waals surface area contributed by atoms with E-state index in [0.717, 1.165) is 24.5 Å². The Balaban J connectivity index is 1.70. The van der Waals surface area contributed by atoms with Gasteiger partial charge in [-0.2, -0.15) is 0 Å². The summed E-state index contributed by atoms with van der Waals surface area (Å²) in [4.78, 5) is 4.60. The van der Waals surface area contributed by atoms with Gasteiger partial charge in [0.2, 0.25) is 5.88 Å². The van der Waals surface area contributed by atoms with Crippen LogP contribution < -0.4 is 4.74 Å². The Labute approximate surface area is 156 Å². The lowest BCUT2D eigenvalue weighted by molar-refractivity contribution is 0.245. The van der Waals surface area contributed by atoms with Gasteiger partial charge in [0.15, 0.2) is 0 Å². The molecule has 3 nitrogen and oxygen atoms in total. The first-order valence-electron chi connectivity index (χ1n) is 9.76. The Hall–Kier alpha value is -2.29. The second-order valence-corrected chi connectivity index (χ2v) is 7.76. The molecular formula is C23H28N2O. The van der Waals surface area contributed by atoms with E-state index >= 15 is 0 Å². The van der Waals surface area contributed by atoms with Gasteiger partial charge in [-0.3, -0.25) is 0 Å². The average molecular weight is 348 g/mol. The lowest BCUT2D eigenvalue weighted by atomic mass is 10.1. The van der Waals surface area contributed by atoms with Crippen LogP contribution in [0.15, 0.2) is 36.5 Å². The molecule has 2 aromatic heterocycles. The normalized spacial score (nSPS) is 15.0. The molecule has 0 atom stereocenters. The van der Waals surface area contributed by atoms with Crippen molar-refractivity contribution in [3.8, 4) is 5.88 Å². The van der Waals surface area contributed by atoms with Crippen LogP contribution in [0.3, 0.4) is 0 Å². The number of ether oxygens (including phenoxy) is 1. The minimum absolute atomic E-state index is 0.690. The molecule has 0 bridgehead atoms. The van der Waals surface area contributed by atoms with Crippen LogP contribution >= 0.6 is 0 Å². The van der Waals surface area contributed by atoms with Gasteiger partial charge in [0.05, 0.1) is 6.61 Å². The first-order chi connectivity index (χ1) is 12.6. The molecule has 1 aliphatic rings. The molecule has 0 unspecified atom stereocenters. The van der Waals surface area contributed by atoms with Crippen molar-refractivity contribution >= 4 is 10.9 Å². The van der Waals surface area contributed by atoms with Crippen LogP contribution in [0, 0.1) is 26.7 Å². The summed E-state index contributed by atoms with van der Waals surface area (Å²) < 4.78 is 8.60. The zero-order valence-electron chi connectivity index (χ0n) is 16.1. The first-order valence-corrected chi connectivity index (χ1v) is 9.76. The van der Waals surface area contributed by atoms with Gasteiger partial charge >= 0.3 is 0 Å². The quantitative estimate of drug-likeness (QED) is 0.602. The van der Waals surface area contributed by atoms with E-state index in [1.54, 1.807) is 0 Å². The zero-order valence-corrected chi connectivity index (χ0v) is 16.1. The molecule has 1 aromatic carbocycles. The third-order valence-corrected chi connectivity index (χ3v) is 5.90. The number of pyridine rings is 1. The van der Waals surface area contributed by atoms with Crippen LogP contribution in [-0.4, -0.2) is 16.2 Å². The second kappa shape index (κ2) is 7.14. The summed E-state index contributed by atoms with van der Waals surface area (Å²) >= 11 is 0. The van der Waals surface area contributed by atoms with Crippen LogP contribution in [-0.2, 0) is 6.54 Å². The molecule has 0 N–H and O–H groups in total. The highest BCUT2D eigenvalue weighted by atomic mass is 16.5. The molecule has 1 fully saturated rings. The first kappa shape index (κ1) is 17.1. The van der Waals surface area contributed by atoms with E-state index in [2.05, 4.69) is 60.7 Å². The molecule has 2 heterocycles. The van der Waals surface area contributed by atoms with Crippen LogP contribution in [0.25, 0.3) is 10.9 Å². The predicted molar refractivity (Wildman–Crippen MR) is 107 cm³/mol. The number of rotatable bonds is 5. The minimum Gasteiger partial charge on any atom is -0.476 e. The molecule has 26 heavy (non-hydrogen) atoms. The number of hydrogen-bond acceptors (Lipinski definition) is 2. The molecular weight excluding hydrogens is 320 g/mol. The molecule has 136 valence electrons. The maximum absolute atomic E-state index is 6.24. The monoisotopic (exact) mass is 348 g/mol. The van der Waals surface area contributed by atoms with Gasteiger partial charge < -0.3 is 9.30 Å². The standard InChI is InChI=1S/C23H28N2O/c1-16-8-10-19(11-9-16)14-25-18(3)17(2)21-12-13-24-23(22(21)25)26-15-20-6-4-5-7-20/h8-13,20H,4-7,14-15H2,1-3H3. The van der Waals surface area contributed by atoms with Gasteiger partial charge in [0.1, 0.15) is 5.52 Å². The van der Waals surface area contributed by atoms with Crippen molar-refractivity contribution in [2.45, 2.75) is 53.0 Å². The summed E-state index contributed by atoms with van der Waals surface area (Å²) in [6, 6.07) is 10.9. The van der Waals surface area contributed by atoms with Gasteiger partial charge in [0.25, 0.3) is 0 Å². The minimum atomic E-state index is 0.690. The van der Waals surface area contributed by atoms with E-state index in [-0.39, 0.29) is 0 Å². The fourth-order valence-corrected chi connectivity index (χ4v) is 4.12. The third-order valence-electron chi connectivity index (χ3n) is 5.90. The fourth-order valence-electron chi connectivity index (χ4n) is 4.12. The molecule has 3 aromatic rings. The van der Waals surface area contributed by atoms with E-state index in [1.165, 1.54) is 53.5 Å². The second-order valence-electron chi connectivity index (χ2n) is 7.76. The lowest BCUT2D eigenvalue weighted by Crippen LogP contribution is -2.10. The third kappa shape index (κ3) is 3.23. The highest BCUT2D eigenvalue weighted by molar-refractivity contribution is 5.89. The Kier molecular flexibility index (Phi) is 4.71. The maximum atomic E-state index is 6.24. The van der Waals surface area contributed by atoms with E-state index < -0.39 is 0 Å². The van der Waals surface area contributed by atoms with Gasteiger partial charge in [-0.25, -0.2) is 4.98 Å². The largest absolute Gasteiger partial charge is 0.476 e. The summed E-state index contributed by atoms with van der Waals surface area (Å²) in [5.41, 5.74) is 6.35. The highest BCUT2D eigenvalue weighted by Gasteiger charge is 2.19. The van der Waals surface area contributed by atoms with Gasteiger partial charge in [-0.1, -0.05) is 42.7 Å². The van der Waals surface area contributed by atoms with Crippen molar-refractivity contribution < 1.29 is 4.74 Å². The summed E-state index contributed by atoms with van der Waals surface area (Å²) in [7, 11) is 0. The molecule has 1 aliphatic carbocycles. The molecule has 3 heteroatoms. The van der Waals surface area contributed by atoms with Gasteiger partial charge in [-0.05, 0) is 56.7 Å². The maximum Gasteiger partial charge on any atom is 0.238 e. The molecule has 0 spiro atoms. The number of nitrogens with zero attached hydrogens (tertiary/aromatic N) is 2. The van der Waals surface area contributed by atoms with Crippen LogP contribution in [0.4, 0.5) is 0 Å². The van der Waals surface area contributed by atoms with E-state index in [4.69, 9.17) is 4.74 Å². The molecule has 0 aliphatic heterocycles. The summed E-state index contributed by atoms with van der Waals surface area (Å²) in [5.74, 6) is 1.48. The molecule has 0 radical (unpaired) electrons. The van der Waals surface area contributed by atoms with E-state index in [1.807, 2.05) is 6.20 Å². The molecule has 0 amide bonds. The Bertz CT molecular complexity index is 902. The molecule has 1 saturated carbocycles. The fraction of sp³-hybridized carbons (Fsp3) is 0.435. The van der Waals surface area contributed by atoms with Crippen LogP contribution in [0.1, 0.15) is 48.1 Å². The Morgan fingerprint density at radius 1 is 1.04 bits per heavy atom. The Morgan fingerprint density at radius 3 is 2.50 bits per heavy atom. The number of benzene rings is 1. The SMILES string of the molecule is Cc1ccc(Cn2c(C)c(C)c3ccnc(OCC4CCCC4)c32)cc1. The summed E-state index contributed by atoms with van der Waals surface area (Å²) in [5, 5.41) is 1.26. The van der Waals surface area contributed by atoms with E-state index in [9.17, 15) is 0 Å². The number of fused-ring (bicyclic) bond motifs is 1. The molecule has 4 rings (SSSR count). The predicted octanol–water partition coefficient (Wildman–Crippen LogP) is 5.58. The Morgan fingerprint density at radius 2 is 1.77 bits per heavy atom. The van der Waals surface area contributed by atoms with Crippen molar-refractivity contribution in [1.82, 2.24) is 9.55 Å². The van der Waals surface area contributed by atoms with Crippen molar-refractivity contribution in [3.63, 3.8) is 0 Å². The lowest BCUT2D eigenvalue weighted by Gasteiger charge is -2.14. The zero-order chi connectivity index (χ0) is 18.1. The highest BCUT2D eigenvalue weighted by Crippen LogP contribution is 2.33. The number of aryl methyl sites for hydroxylation is 2. The van der Waals surface area contributed by atoms with Crippen molar-refractivity contribution in [1.29, 1.82) is 0 Å². The van der Waals surface area contributed by atoms with Crippen molar-refractivity contribution in [3.05, 3.63) is 58.9 Å². The van der Waals surface area contributed by atoms with Crippen molar-refractivity contribution in [2.75, 3.05) is 6.61 Å². The number of hydrogen-bond donors (Lipinski definition) is 0. The molecule has 0 saturated heterocycles. The van der Waals surface area contributed by atoms with Gasteiger partial charge in [-0.15, -0.1) is 0 Å². The van der Waals surface area contributed by atoms with Crippen LogP contribution in [0.5, 0.6) is 5.88 Å². The van der Waals surface area contributed by atoms with Crippen LogP contribution in [0.2, 0.25) is 0 Å². The average Bonchev–Trinajstić information content (AvgIpc) is 3.25. The smallest absolute Gasteiger partial charge is 0.238 e. The summed E-state index contributed by atoms with van der Waals surface area (Å²) in [6.07, 6.45) is 7.15. The van der Waals surface area contributed by atoms with E-state index in [0.29, 0.717) is 5.92 Å². The van der Waals surface area contributed by atoms with Gasteiger partial charge in [0, 0.05) is 23.8 Å².